The first-order valence-corrected chi connectivity index (χ1v) is 43.5. The van der Waals surface area contributed by atoms with Gasteiger partial charge in [0.2, 0.25) is 0 Å². The number of aliphatic hydroxyl groups excluding tert-OH is 1. The van der Waals surface area contributed by atoms with Crippen molar-refractivity contribution >= 4 is 39.5 Å². The van der Waals surface area contributed by atoms with Gasteiger partial charge in [0, 0.05) is 25.7 Å². The lowest BCUT2D eigenvalue weighted by Gasteiger charge is -2.21. The number of unbranched alkanes of at least 4 members (excludes halogenated alkanes) is 47. The Kier molecular flexibility index (Phi) is 68.4. The Hall–Kier alpha value is -1.94. The van der Waals surface area contributed by atoms with Gasteiger partial charge in [0.15, 0.2) is 12.2 Å². The summed E-state index contributed by atoms with van der Waals surface area (Å²) in [7, 11) is -9.90. The number of aliphatic hydroxyl groups is 1. The van der Waals surface area contributed by atoms with E-state index in [9.17, 15) is 43.2 Å². The van der Waals surface area contributed by atoms with E-state index in [4.69, 9.17) is 37.0 Å². The number of carbonyl (C=O) groups is 4. The van der Waals surface area contributed by atoms with Gasteiger partial charge in [-0.15, -0.1) is 0 Å². The lowest BCUT2D eigenvalue weighted by molar-refractivity contribution is -0.161. The van der Waals surface area contributed by atoms with Crippen LogP contribution in [0.15, 0.2) is 0 Å². The maximum absolute atomic E-state index is 13.1. The quantitative estimate of drug-likeness (QED) is 0.0222. The third kappa shape index (κ3) is 72.2. The zero-order valence-corrected chi connectivity index (χ0v) is 65.2. The number of hydrogen-bond acceptors (Lipinski definition) is 15. The van der Waals surface area contributed by atoms with Gasteiger partial charge in [0.05, 0.1) is 26.4 Å². The highest BCUT2D eigenvalue weighted by atomic mass is 31.2. The van der Waals surface area contributed by atoms with Crippen LogP contribution in [-0.4, -0.2) is 96.7 Å². The van der Waals surface area contributed by atoms with E-state index in [-0.39, 0.29) is 25.7 Å². The number of phosphoric acid groups is 2. The summed E-state index contributed by atoms with van der Waals surface area (Å²) in [5.41, 5.74) is 0. The normalized spacial score (nSPS) is 14.0. The van der Waals surface area contributed by atoms with E-state index in [2.05, 4.69) is 41.5 Å². The molecule has 0 amide bonds. The molecular formula is C78H152O17P2. The van der Waals surface area contributed by atoms with Gasteiger partial charge in [-0.1, -0.05) is 356 Å². The first-order valence-electron chi connectivity index (χ1n) is 40.5. The summed E-state index contributed by atoms with van der Waals surface area (Å²) >= 11 is 0. The van der Waals surface area contributed by atoms with E-state index >= 15 is 0 Å². The van der Waals surface area contributed by atoms with Crippen molar-refractivity contribution in [2.75, 3.05) is 39.6 Å². The SMILES string of the molecule is CCCCCCCCCCCCCCCCC(=O)O[C@H](COC(=O)CCCCCCC)COP(=O)(O)OC[C@H](O)COP(=O)(O)OC[C@@H](COC(=O)CCCCCCCCCCCCCCCCC(C)C)OC(=O)CCCCCCCCCCCCCCCCCCCCC(C)C. The smallest absolute Gasteiger partial charge is 0.462 e. The molecule has 0 spiro atoms. The fourth-order valence-electron chi connectivity index (χ4n) is 12.0. The van der Waals surface area contributed by atoms with Crippen LogP contribution < -0.4 is 0 Å². The lowest BCUT2D eigenvalue weighted by Crippen LogP contribution is -2.30. The van der Waals surface area contributed by atoms with E-state index in [0.29, 0.717) is 25.7 Å². The molecule has 17 nitrogen and oxygen atoms in total. The summed E-state index contributed by atoms with van der Waals surface area (Å²) in [6.07, 6.45) is 58.7. The number of phosphoric ester groups is 2. The van der Waals surface area contributed by atoms with Gasteiger partial charge in [0.25, 0.3) is 0 Å². The van der Waals surface area contributed by atoms with Crippen molar-refractivity contribution in [3.05, 3.63) is 0 Å². The van der Waals surface area contributed by atoms with Crippen molar-refractivity contribution in [1.82, 2.24) is 0 Å². The molecule has 0 fully saturated rings. The highest BCUT2D eigenvalue weighted by Gasteiger charge is 2.30. The van der Waals surface area contributed by atoms with Gasteiger partial charge in [-0.05, 0) is 37.5 Å². The summed E-state index contributed by atoms with van der Waals surface area (Å²) in [5.74, 6) is -0.504. The summed E-state index contributed by atoms with van der Waals surface area (Å²) in [6, 6.07) is 0. The molecule has 0 heterocycles. The minimum Gasteiger partial charge on any atom is -0.462 e. The molecule has 0 aliphatic rings. The molecule has 0 aliphatic carbocycles. The van der Waals surface area contributed by atoms with Gasteiger partial charge in [-0.25, -0.2) is 9.13 Å². The summed E-state index contributed by atoms with van der Waals surface area (Å²) in [6.45, 7) is 9.59. The molecule has 19 heteroatoms. The summed E-state index contributed by atoms with van der Waals surface area (Å²) in [5, 5.41) is 10.6. The predicted octanol–water partition coefficient (Wildman–Crippen LogP) is 23.1. The highest BCUT2D eigenvalue weighted by molar-refractivity contribution is 7.47. The average molecular weight is 1420 g/mol. The number of esters is 4. The molecule has 0 aliphatic heterocycles. The van der Waals surface area contributed by atoms with Crippen molar-refractivity contribution in [3.63, 3.8) is 0 Å². The van der Waals surface area contributed by atoms with Crippen LogP contribution in [0, 0.1) is 11.8 Å². The van der Waals surface area contributed by atoms with Crippen LogP contribution in [-0.2, 0) is 65.4 Å². The number of ether oxygens (including phenoxy) is 4. The van der Waals surface area contributed by atoms with Gasteiger partial charge in [-0.3, -0.25) is 37.3 Å². The van der Waals surface area contributed by atoms with Crippen LogP contribution in [0.2, 0.25) is 0 Å². The number of hydrogen-bond donors (Lipinski definition) is 3. The highest BCUT2D eigenvalue weighted by Crippen LogP contribution is 2.45. The van der Waals surface area contributed by atoms with E-state index in [1.54, 1.807) is 0 Å². The maximum atomic E-state index is 13.1. The third-order valence-electron chi connectivity index (χ3n) is 18.2. The van der Waals surface area contributed by atoms with Crippen LogP contribution in [0.1, 0.15) is 408 Å². The maximum Gasteiger partial charge on any atom is 0.472 e. The van der Waals surface area contributed by atoms with Crippen LogP contribution in [0.4, 0.5) is 0 Å². The van der Waals surface area contributed by atoms with Gasteiger partial charge < -0.3 is 33.8 Å². The Morgan fingerprint density at radius 1 is 0.278 bits per heavy atom. The molecule has 97 heavy (non-hydrogen) atoms. The molecule has 0 rings (SSSR count). The van der Waals surface area contributed by atoms with Crippen molar-refractivity contribution in [2.45, 2.75) is 426 Å². The Morgan fingerprint density at radius 3 is 0.701 bits per heavy atom. The molecule has 0 aromatic heterocycles. The fraction of sp³-hybridized carbons (Fsp3) is 0.949. The summed E-state index contributed by atoms with van der Waals surface area (Å²) in [4.78, 5) is 72.6. The second kappa shape index (κ2) is 69.8. The van der Waals surface area contributed by atoms with E-state index in [0.717, 1.165) is 108 Å². The molecule has 0 aromatic rings. The standard InChI is InChI=1S/C78H152O17P2/c1-7-9-11-13-14-15-16-17-28-34-39-44-50-56-62-77(82)94-73(66-88-75(80)60-54-46-12-10-8-2)68-92-96(84,85)90-64-72(79)65-91-97(86,87)93-69-74(67-89-76(81)61-55-49-43-38-33-29-25-24-27-32-37-42-48-53-59-71(5)6)95-78(83)63-57-51-45-40-35-30-23-21-19-18-20-22-26-31-36-41-47-52-58-70(3)4/h70-74,79H,7-69H2,1-6H3,(H,84,85)(H,86,87)/t72-,73+,74+/m0/s1. The number of carbonyl (C=O) groups excluding carboxylic acids is 4. The van der Waals surface area contributed by atoms with Crippen LogP contribution in [0.3, 0.4) is 0 Å². The molecule has 0 radical (unpaired) electrons. The molecule has 0 bridgehead atoms. The molecule has 3 N–H and O–H groups in total. The van der Waals surface area contributed by atoms with Gasteiger partial charge in [0.1, 0.15) is 19.3 Å². The Balaban J connectivity index is 5.12. The van der Waals surface area contributed by atoms with Gasteiger partial charge >= 0.3 is 39.5 Å². The molecule has 0 aromatic carbocycles. The Labute approximate surface area is 594 Å². The first-order chi connectivity index (χ1) is 46.9. The van der Waals surface area contributed by atoms with Gasteiger partial charge in [-0.2, -0.15) is 0 Å². The first kappa shape index (κ1) is 95.1. The van der Waals surface area contributed by atoms with E-state index in [1.165, 1.54) is 218 Å². The minimum absolute atomic E-state index is 0.107. The molecule has 0 saturated carbocycles. The third-order valence-corrected chi connectivity index (χ3v) is 20.1. The second-order valence-corrected chi connectivity index (χ2v) is 32.0. The predicted molar refractivity (Wildman–Crippen MR) is 395 cm³/mol. The minimum atomic E-state index is -4.96. The topological polar surface area (TPSA) is 237 Å². The molecular weight excluding hydrogens is 1270 g/mol. The van der Waals surface area contributed by atoms with Crippen molar-refractivity contribution < 1.29 is 80.2 Å². The zero-order chi connectivity index (χ0) is 71.4. The largest absolute Gasteiger partial charge is 0.472 e. The molecule has 2 unspecified atom stereocenters. The van der Waals surface area contributed by atoms with Crippen LogP contribution in [0.25, 0.3) is 0 Å². The van der Waals surface area contributed by atoms with E-state index < -0.39 is 97.5 Å². The summed E-state index contributed by atoms with van der Waals surface area (Å²) < 4.78 is 68.4. The van der Waals surface area contributed by atoms with Crippen molar-refractivity contribution in [3.8, 4) is 0 Å². The van der Waals surface area contributed by atoms with E-state index in [1.807, 2.05) is 0 Å². The molecule has 5 atom stereocenters. The molecule has 576 valence electrons. The lowest BCUT2D eigenvalue weighted by atomic mass is 10.0. The monoisotopic (exact) mass is 1420 g/mol. The Morgan fingerprint density at radius 2 is 0.474 bits per heavy atom. The van der Waals surface area contributed by atoms with Crippen molar-refractivity contribution in [1.29, 1.82) is 0 Å². The second-order valence-electron chi connectivity index (χ2n) is 29.1. The Bertz CT molecular complexity index is 1870. The number of rotatable bonds is 77. The van der Waals surface area contributed by atoms with Crippen molar-refractivity contribution in [2.24, 2.45) is 11.8 Å². The van der Waals surface area contributed by atoms with Crippen LogP contribution in [0.5, 0.6) is 0 Å². The molecule has 0 saturated heterocycles. The van der Waals surface area contributed by atoms with Crippen LogP contribution >= 0.6 is 15.6 Å². The average Bonchev–Trinajstić information content (AvgIpc) is 2.30. The zero-order valence-electron chi connectivity index (χ0n) is 63.4. The fourth-order valence-corrected chi connectivity index (χ4v) is 13.6.